The van der Waals surface area contributed by atoms with Gasteiger partial charge in [-0.25, -0.2) is 4.39 Å². The smallest absolute Gasteiger partial charge is 0.233 e. The number of hydrogen-bond acceptors (Lipinski definition) is 3. The van der Waals surface area contributed by atoms with E-state index in [0.717, 1.165) is 18.8 Å². The summed E-state index contributed by atoms with van der Waals surface area (Å²) >= 11 is 5.69. The molecule has 0 aliphatic carbocycles. The molecule has 142 valence electrons. The van der Waals surface area contributed by atoms with Crippen LogP contribution in [0, 0.1) is 12.7 Å². The van der Waals surface area contributed by atoms with Crippen molar-refractivity contribution in [2.24, 2.45) is 0 Å². The van der Waals surface area contributed by atoms with Crippen LogP contribution in [0.15, 0.2) is 42.5 Å². The second kappa shape index (κ2) is 8.39. The molecule has 1 heterocycles. The molecule has 0 unspecified atom stereocenters. The zero-order chi connectivity index (χ0) is 19.4. The summed E-state index contributed by atoms with van der Waals surface area (Å²) in [6.07, 6.45) is -0.251. The maximum atomic E-state index is 13.2. The van der Waals surface area contributed by atoms with Crippen molar-refractivity contribution in [1.29, 1.82) is 0 Å². The minimum atomic E-state index is -0.558. The number of aryl methyl sites for hydroxylation is 1. The van der Waals surface area contributed by atoms with Gasteiger partial charge >= 0.3 is 0 Å². The van der Waals surface area contributed by atoms with Gasteiger partial charge in [0, 0.05) is 37.6 Å². The number of rotatable bonds is 4. The molecule has 0 bridgehead atoms. The summed E-state index contributed by atoms with van der Waals surface area (Å²) in [4.78, 5) is 28.4. The largest absolute Gasteiger partial charge is 0.368 e. The lowest BCUT2D eigenvalue weighted by atomic mass is 10.2. The van der Waals surface area contributed by atoms with Gasteiger partial charge in [0.2, 0.25) is 11.8 Å². The number of anilines is 2. The van der Waals surface area contributed by atoms with Crippen LogP contribution in [0.3, 0.4) is 0 Å². The molecule has 1 saturated heterocycles. The average Bonchev–Trinajstić information content (AvgIpc) is 2.65. The van der Waals surface area contributed by atoms with Gasteiger partial charge in [0.15, 0.2) is 0 Å². The first-order chi connectivity index (χ1) is 12.9. The predicted molar refractivity (Wildman–Crippen MR) is 105 cm³/mol. The summed E-state index contributed by atoms with van der Waals surface area (Å²) in [5, 5.41) is 2.50. The summed E-state index contributed by atoms with van der Waals surface area (Å²) in [7, 11) is 0. The Morgan fingerprint density at radius 3 is 2.52 bits per heavy atom. The molecule has 0 spiro atoms. The summed E-state index contributed by atoms with van der Waals surface area (Å²) in [6, 6.07) is 12.2. The van der Waals surface area contributed by atoms with Gasteiger partial charge in [-0.3, -0.25) is 9.59 Å². The summed E-state index contributed by atoms with van der Waals surface area (Å²) in [5.41, 5.74) is 2.71. The van der Waals surface area contributed by atoms with Crippen LogP contribution in [-0.2, 0) is 9.59 Å². The van der Waals surface area contributed by atoms with E-state index in [4.69, 9.17) is 11.6 Å². The fraction of sp³-hybridized carbons (Fsp3) is 0.300. The lowest BCUT2D eigenvalue weighted by Gasteiger charge is -2.36. The molecule has 2 amide bonds. The van der Waals surface area contributed by atoms with Crippen LogP contribution >= 0.6 is 11.6 Å². The van der Waals surface area contributed by atoms with Crippen molar-refractivity contribution in [1.82, 2.24) is 4.90 Å². The second-order valence-corrected chi connectivity index (χ2v) is 6.97. The Morgan fingerprint density at radius 1 is 1.11 bits per heavy atom. The van der Waals surface area contributed by atoms with E-state index in [1.54, 1.807) is 4.90 Å². The molecule has 1 N–H and O–H groups in total. The van der Waals surface area contributed by atoms with E-state index in [0.29, 0.717) is 18.8 Å². The Balaban J connectivity index is 1.50. The average molecular weight is 390 g/mol. The van der Waals surface area contributed by atoms with Crippen molar-refractivity contribution in [3.8, 4) is 0 Å². The van der Waals surface area contributed by atoms with Crippen molar-refractivity contribution in [2.75, 3.05) is 36.4 Å². The van der Waals surface area contributed by atoms with Crippen LogP contribution in [0.25, 0.3) is 0 Å². The first-order valence-corrected chi connectivity index (χ1v) is 9.14. The van der Waals surface area contributed by atoms with Crippen LogP contribution in [0.4, 0.5) is 15.8 Å². The number of carbonyl (C=O) groups excluding carboxylic acids is 2. The van der Waals surface area contributed by atoms with Crippen LogP contribution in [0.1, 0.15) is 12.0 Å². The van der Waals surface area contributed by atoms with Crippen molar-refractivity contribution < 1.29 is 14.0 Å². The molecule has 0 radical (unpaired) electrons. The number of carbonyl (C=O) groups is 2. The number of amides is 2. The minimum absolute atomic E-state index is 0.0774. The normalized spacial score (nSPS) is 14.2. The van der Waals surface area contributed by atoms with Crippen molar-refractivity contribution >= 4 is 34.8 Å². The zero-order valence-corrected chi connectivity index (χ0v) is 15.8. The van der Waals surface area contributed by atoms with E-state index in [2.05, 4.69) is 35.3 Å². The summed E-state index contributed by atoms with van der Waals surface area (Å²) in [6.45, 7) is 4.65. The molecule has 27 heavy (non-hydrogen) atoms. The van der Waals surface area contributed by atoms with Crippen molar-refractivity contribution in [3.63, 3.8) is 0 Å². The molecule has 1 fully saturated rings. The highest BCUT2D eigenvalue weighted by atomic mass is 35.5. The minimum Gasteiger partial charge on any atom is -0.368 e. The summed E-state index contributed by atoms with van der Waals surface area (Å²) in [5.74, 6) is -1.22. The van der Waals surface area contributed by atoms with Gasteiger partial charge in [-0.05, 0) is 42.8 Å². The Kier molecular flexibility index (Phi) is 5.96. The standard InChI is InChI=1S/C20H21ClFN3O2/c1-14-3-2-4-16(11-14)24-7-9-25(10-8-24)20(27)13-19(26)23-15-5-6-18(22)17(21)12-15/h2-6,11-12H,7-10,13H2,1H3,(H,23,26). The molecule has 0 aromatic heterocycles. The van der Waals surface area contributed by atoms with Gasteiger partial charge in [-0.1, -0.05) is 23.7 Å². The van der Waals surface area contributed by atoms with Gasteiger partial charge in [-0.2, -0.15) is 0 Å². The van der Waals surface area contributed by atoms with Gasteiger partial charge < -0.3 is 15.1 Å². The zero-order valence-electron chi connectivity index (χ0n) is 15.0. The number of piperazine rings is 1. The van der Waals surface area contributed by atoms with Gasteiger partial charge in [0.25, 0.3) is 0 Å². The number of nitrogens with one attached hydrogen (secondary N) is 1. The van der Waals surface area contributed by atoms with E-state index in [-0.39, 0.29) is 17.4 Å². The Bertz CT molecular complexity index is 851. The SMILES string of the molecule is Cc1cccc(N2CCN(C(=O)CC(=O)Nc3ccc(F)c(Cl)c3)CC2)c1. The molecular weight excluding hydrogens is 369 g/mol. The third kappa shape index (κ3) is 4.98. The van der Waals surface area contributed by atoms with E-state index in [1.165, 1.54) is 23.8 Å². The second-order valence-electron chi connectivity index (χ2n) is 6.56. The van der Waals surface area contributed by atoms with Crippen LogP contribution in [0.5, 0.6) is 0 Å². The van der Waals surface area contributed by atoms with Gasteiger partial charge in [-0.15, -0.1) is 0 Å². The van der Waals surface area contributed by atoms with E-state index < -0.39 is 11.7 Å². The Hall–Kier alpha value is -2.60. The highest BCUT2D eigenvalue weighted by Gasteiger charge is 2.23. The van der Waals surface area contributed by atoms with E-state index in [1.807, 2.05) is 6.07 Å². The van der Waals surface area contributed by atoms with Crippen LogP contribution in [0.2, 0.25) is 5.02 Å². The molecule has 2 aromatic carbocycles. The number of hydrogen-bond donors (Lipinski definition) is 1. The highest BCUT2D eigenvalue weighted by Crippen LogP contribution is 2.20. The third-order valence-electron chi connectivity index (χ3n) is 4.51. The third-order valence-corrected chi connectivity index (χ3v) is 4.80. The maximum absolute atomic E-state index is 13.2. The topological polar surface area (TPSA) is 52.7 Å². The first kappa shape index (κ1) is 19.2. The number of benzene rings is 2. The quantitative estimate of drug-likeness (QED) is 0.815. The van der Waals surface area contributed by atoms with E-state index in [9.17, 15) is 14.0 Å². The molecule has 1 aliphatic rings. The molecule has 2 aromatic rings. The number of halogens is 2. The molecule has 1 aliphatic heterocycles. The Morgan fingerprint density at radius 2 is 1.85 bits per heavy atom. The van der Waals surface area contributed by atoms with Gasteiger partial charge in [0.1, 0.15) is 12.2 Å². The lowest BCUT2D eigenvalue weighted by molar-refractivity contribution is -0.134. The van der Waals surface area contributed by atoms with Crippen molar-refractivity contribution in [2.45, 2.75) is 13.3 Å². The molecule has 0 atom stereocenters. The fourth-order valence-corrected chi connectivity index (χ4v) is 3.25. The van der Waals surface area contributed by atoms with Crippen LogP contribution in [-0.4, -0.2) is 42.9 Å². The van der Waals surface area contributed by atoms with E-state index >= 15 is 0 Å². The molecule has 5 nitrogen and oxygen atoms in total. The van der Waals surface area contributed by atoms with Crippen LogP contribution < -0.4 is 10.2 Å². The maximum Gasteiger partial charge on any atom is 0.233 e. The molecule has 0 saturated carbocycles. The molecular formula is C20H21ClFN3O2. The highest BCUT2D eigenvalue weighted by molar-refractivity contribution is 6.31. The van der Waals surface area contributed by atoms with Crippen molar-refractivity contribution in [3.05, 3.63) is 58.9 Å². The fourth-order valence-electron chi connectivity index (χ4n) is 3.07. The number of nitrogens with zero attached hydrogens (tertiary/aromatic N) is 2. The lowest BCUT2D eigenvalue weighted by Crippen LogP contribution is -2.49. The molecule has 7 heteroatoms. The van der Waals surface area contributed by atoms with Gasteiger partial charge in [0.05, 0.1) is 5.02 Å². The Labute approximate surface area is 162 Å². The predicted octanol–water partition coefficient (Wildman–Crippen LogP) is 3.46. The first-order valence-electron chi connectivity index (χ1n) is 8.76. The molecule has 3 rings (SSSR count). The summed E-state index contributed by atoms with van der Waals surface area (Å²) < 4.78 is 13.2. The monoisotopic (exact) mass is 389 g/mol.